The van der Waals surface area contributed by atoms with Crippen molar-refractivity contribution in [2.24, 2.45) is 0 Å². The lowest BCUT2D eigenvalue weighted by Gasteiger charge is -2.25. The molecule has 0 heterocycles. The summed E-state index contributed by atoms with van der Waals surface area (Å²) >= 11 is 24.9. The first-order valence-corrected chi connectivity index (χ1v) is 10.1. The number of hydrogen-bond donors (Lipinski definition) is 0. The Morgan fingerprint density at radius 3 is 2.12 bits per heavy atom. The molecule has 7 heteroatoms. The van der Waals surface area contributed by atoms with Crippen molar-refractivity contribution in [3.8, 4) is 0 Å². The first-order chi connectivity index (χ1) is 11.5. The summed E-state index contributed by atoms with van der Waals surface area (Å²) in [6.45, 7) is 0.676. The second-order valence-corrected chi connectivity index (χ2v) is 8.16. The first kappa shape index (κ1) is 20.0. The van der Waals surface area contributed by atoms with Gasteiger partial charge < -0.3 is 4.90 Å². The summed E-state index contributed by atoms with van der Waals surface area (Å²) in [5.41, 5.74) is 0. The van der Waals surface area contributed by atoms with Gasteiger partial charge in [-0.05, 0) is 34.7 Å². The molecule has 1 amide bonds. The minimum absolute atomic E-state index is 0.114. The Bertz CT molecular complexity index is 672. The van der Waals surface area contributed by atoms with Crippen molar-refractivity contribution < 1.29 is 4.79 Å². The summed E-state index contributed by atoms with van der Waals surface area (Å²) in [6, 6.07) is 13.9. The summed E-state index contributed by atoms with van der Waals surface area (Å²) < 4.78 is 0. The minimum Gasteiger partial charge on any atom is -0.330 e. The average molecular weight is 425 g/mol. The van der Waals surface area contributed by atoms with Crippen LogP contribution in [-0.4, -0.2) is 45.7 Å². The quantitative estimate of drug-likeness (QED) is 0.398. The van der Waals surface area contributed by atoms with E-state index >= 15 is 0 Å². The van der Waals surface area contributed by atoms with Crippen molar-refractivity contribution in [1.29, 1.82) is 0 Å². The van der Waals surface area contributed by atoms with Gasteiger partial charge in [0, 0.05) is 29.7 Å². The molecule has 0 radical (unpaired) electrons. The summed E-state index contributed by atoms with van der Waals surface area (Å²) in [6.07, 6.45) is 0. The molecule has 0 aromatic heterocycles. The second-order valence-electron chi connectivity index (χ2n) is 5.29. The molecule has 2 nitrogen and oxygen atoms in total. The monoisotopic (exact) mass is 423 g/mol. The Morgan fingerprint density at radius 1 is 0.958 bits per heavy atom. The number of benzene rings is 2. The number of thioether (sulfide) groups is 1. The smallest absolute Gasteiger partial charge is 0.286 e. The highest BCUT2D eigenvalue weighted by molar-refractivity contribution is 8.13. The van der Waals surface area contributed by atoms with E-state index in [2.05, 4.69) is 0 Å². The maximum Gasteiger partial charge on any atom is 0.286 e. The average Bonchev–Trinajstić information content (AvgIpc) is 2.60. The fraction of sp³-hybridized carbons (Fsp3) is 0.353. The van der Waals surface area contributed by atoms with E-state index in [9.17, 15) is 4.79 Å². The molecule has 0 aliphatic heterocycles. The standard InChI is InChI=1S/C17H17Cl4NOS/c18-8-14(20)10-22(11-15(21)9-19)17(23)24-16-6-5-12-3-1-2-4-13(12)7-16/h1-7,14-15H,8-11H2. The van der Waals surface area contributed by atoms with E-state index in [1.807, 2.05) is 42.5 Å². The van der Waals surface area contributed by atoms with Gasteiger partial charge in [0.2, 0.25) is 0 Å². The number of rotatable bonds is 7. The summed E-state index contributed by atoms with van der Waals surface area (Å²) in [4.78, 5) is 15.1. The number of nitrogens with zero attached hydrogens (tertiary/aromatic N) is 1. The zero-order chi connectivity index (χ0) is 17.5. The lowest BCUT2D eigenvalue weighted by Crippen LogP contribution is -2.38. The molecule has 2 aromatic carbocycles. The van der Waals surface area contributed by atoms with Crippen molar-refractivity contribution >= 4 is 74.2 Å². The SMILES string of the molecule is O=C(Sc1ccc2ccccc2c1)N(CC(Cl)CCl)CC(Cl)CCl. The van der Waals surface area contributed by atoms with Crippen LogP contribution < -0.4 is 0 Å². The van der Waals surface area contributed by atoms with Crippen LogP contribution in [0.3, 0.4) is 0 Å². The van der Waals surface area contributed by atoms with Gasteiger partial charge in [-0.3, -0.25) is 4.79 Å². The molecular formula is C17H17Cl4NOS. The summed E-state index contributed by atoms with van der Waals surface area (Å²) in [7, 11) is 0. The van der Waals surface area contributed by atoms with Crippen molar-refractivity contribution in [3.63, 3.8) is 0 Å². The molecule has 2 unspecified atom stereocenters. The number of alkyl halides is 4. The zero-order valence-corrected chi connectivity index (χ0v) is 16.6. The number of amides is 1. The van der Waals surface area contributed by atoms with E-state index in [4.69, 9.17) is 46.4 Å². The fourth-order valence-electron chi connectivity index (χ4n) is 2.20. The van der Waals surface area contributed by atoms with Gasteiger partial charge in [0.25, 0.3) is 5.24 Å². The third-order valence-corrected chi connectivity index (χ3v) is 5.92. The van der Waals surface area contributed by atoms with E-state index in [-0.39, 0.29) is 27.8 Å². The lowest BCUT2D eigenvalue weighted by molar-refractivity contribution is 0.224. The molecule has 0 N–H and O–H groups in total. The largest absolute Gasteiger partial charge is 0.330 e. The number of carbonyl (C=O) groups is 1. The predicted octanol–water partition coefficient (Wildman–Crippen LogP) is 6.05. The van der Waals surface area contributed by atoms with Crippen LogP contribution in [0.25, 0.3) is 10.8 Å². The Kier molecular flexibility index (Phi) is 8.32. The van der Waals surface area contributed by atoms with Crippen molar-refractivity contribution in [1.82, 2.24) is 4.90 Å². The Morgan fingerprint density at radius 2 is 1.54 bits per heavy atom. The van der Waals surface area contributed by atoms with Gasteiger partial charge in [-0.2, -0.15) is 0 Å². The molecule has 0 aliphatic carbocycles. The first-order valence-electron chi connectivity index (χ1n) is 7.39. The topological polar surface area (TPSA) is 20.3 Å². The van der Waals surface area contributed by atoms with Gasteiger partial charge in [-0.1, -0.05) is 30.3 Å². The van der Waals surface area contributed by atoms with Crippen LogP contribution in [0.15, 0.2) is 47.4 Å². The van der Waals surface area contributed by atoms with E-state index in [1.54, 1.807) is 4.90 Å². The van der Waals surface area contributed by atoms with Crippen molar-refractivity contribution in [2.75, 3.05) is 24.8 Å². The normalized spacial score (nSPS) is 13.7. The van der Waals surface area contributed by atoms with E-state index < -0.39 is 0 Å². The molecule has 0 bridgehead atoms. The summed E-state index contributed by atoms with van der Waals surface area (Å²) in [5, 5.41) is 1.46. The molecule has 24 heavy (non-hydrogen) atoms. The highest BCUT2D eigenvalue weighted by Gasteiger charge is 2.21. The minimum atomic E-state index is -0.327. The second kappa shape index (κ2) is 9.98. The zero-order valence-electron chi connectivity index (χ0n) is 12.8. The molecule has 2 rings (SSSR count). The van der Waals surface area contributed by atoms with Crippen LogP contribution in [-0.2, 0) is 0 Å². The van der Waals surface area contributed by atoms with Crippen LogP contribution in [0.1, 0.15) is 0 Å². The summed E-state index contributed by atoms with van der Waals surface area (Å²) in [5.74, 6) is 0.527. The number of halogens is 4. The van der Waals surface area contributed by atoms with Gasteiger partial charge in [0.15, 0.2) is 0 Å². The third-order valence-electron chi connectivity index (χ3n) is 3.36. The molecule has 2 aromatic rings. The van der Waals surface area contributed by atoms with Crippen LogP contribution in [0.2, 0.25) is 0 Å². The van der Waals surface area contributed by atoms with E-state index in [0.717, 1.165) is 27.4 Å². The van der Waals surface area contributed by atoms with Crippen LogP contribution in [0.4, 0.5) is 4.79 Å². The number of fused-ring (bicyclic) bond motifs is 1. The van der Waals surface area contributed by atoms with Gasteiger partial charge in [-0.15, -0.1) is 46.4 Å². The van der Waals surface area contributed by atoms with Crippen LogP contribution >= 0.6 is 58.2 Å². The van der Waals surface area contributed by atoms with Gasteiger partial charge in [-0.25, -0.2) is 0 Å². The van der Waals surface area contributed by atoms with E-state index in [1.165, 1.54) is 0 Å². The number of carbonyl (C=O) groups excluding carboxylic acids is 1. The van der Waals surface area contributed by atoms with Crippen molar-refractivity contribution in [2.45, 2.75) is 15.6 Å². The van der Waals surface area contributed by atoms with Crippen molar-refractivity contribution in [3.05, 3.63) is 42.5 Å². The Hall–Kier alpha value is -0.320. The maximum absolute atomic E-state index is 12.6. The Balaban J connectivity index is 2.11. The molecule has 0 saturated heterocycles. The molecule has 2 atom stereocenters. The van der Waals surface area contributed by atoms with Gasteiger partial charge >= 0.3 is 0 Å². The number of hydrogen-bond acceptors (Lipinski definition) is 2. The van der Waals surface area contributed by atoms with Crippen LogP contribution in [0, 0.1) is 0 Å². The van der Waals surface area contributed by atoms with Gasteiger partial charge in [0.1, 0.15) is 0 Å². The molecule has 0 aliphatic rings. The van der Waals surface area contributed by atoms with Gasteiger partial charge in [0.05, 0.1) is 10.8 Å². The fourth-order valence-corrected chi connectivity index (χ4v) is 3.53. The highest BCUT2D eigenvalue weighted by Crippen LogP contribution is 2.26. The molecular weight excluding hydrogens is 408 g/mol. The molecule has 0 fully saturated rings. The Labute approximate surface area is 166 Å². The molecule has 130 valence electrons. The maximum atomic E-state index is 12.6. The third kappa shape index (κ3) is 5.89. The van der Waals surface area contributed by atoms with Crippen LogP contribution in [0.5, 0.6) is 0 Å². The van der Waals surface area contributed by atoms with E-state index in [0.29, 0.717) is 13.1 Å². The lowest BCUT2D eigenvalue weighted by atomic mass is 10.1. The molecule has 0 saturated carbocycles. The molecule has 0 spiro atoms. The predicted molar refractivity (Wildman–Crippen MR) is 107 cm³/mol. The highest BCUT2D eigenvalue weighted by atomic mass is 35.5.